The zero-order chi connectivity index (χ0) is 29.6. The number of allylic oxidation sites excluding steroid dienone is 1. The summed E-state index contributed by atoms with van der Waals surface area (Å²) in [5.74, 6) is 2.60. The maximum atomic E-state index is 11.9. The predicted octanol–water partition coefficient (Wildman–Crippen LogP) is 6.93. The molecule has 0 bridgehead atoms. The van der Waals surface area contributed by atoms with Crippen LogP contribution in [-0.2, 0) is 9.53 Å². The highest BCUT2D eigenvalue weighted by atomic mass is 16.7. The molecule has 2 atom stereocenters. The SMILES string of the molecule is CCOC(=O)Oc1ccc2c(c1)O[C@@H](c1ccc(OCCN3CC[C@@H](C)C3)cc1)C(c1ccc(OC(C)=O)cc1)=C2C. The van der Waals surface area contributed by atoms with Crippen LogP contribution in [0, 0.1) is 5.92 Å². The Morgan fingerprint density at radius 1 is 0.952 bits per heavy atom. The lowest BCUT2D eigenvalue weighted by atomic mass is 9.86. The van der Waals surface area contributed by atoms with E-state index in [2.05, 4.69) is 11.8 Å². The Kier molecular flexibility index (Phi) is 9.12. The van der Waals surface area contributed by atoms with E-state index in [1.54, 1.807) is 31.2 Å². The predicted molar refractivity (Wildman–Crippen MR) is 160 cm³/mol. The van der Waals surface area contributed by atoms with Crippen molar-refractivity contribution in [1.82, 2.24) is 4.90 Å². The minimum absolute atomic E-state index is 0.223. The van der Waals surface area contributed by atoms with E-state index in [0.29, 0.717) is 23.9 Å². The van der Waals surface area contributed by atoms with Gasteiger partial charge in [0.2, 0.25) is 0 Å². The molecular formula is C34H37NO7. The van der Waals surface area contributed by atoms with Gasteiger partial charge in [-0.15, -0.1) is 0 Å². The fourth-order valence-electron chi connectivity index (χ4n) is 5.48. The number of carbonyl (C=O) groups is 2. The molecule has 42 heavy (non-hydrogen) atoms. The van der Waals surface area contributed by atoms with Gasteiger partial charge in [-0.2, -0.15) is 0 Å². The Labute approximate surface area is 246 Å². The van der Waals surface area contributed by atoms with E-state index in [4.69, 9.17) is 23.7 Å². The van der Waals surface area contributed by atoms with Gasteiger partial charge in [0.15, 0.2) is 0 Å². The van der Waals surface area contributed by atoms with E-state index in [0.717, 1.165) is 59.1 Å². The maximum Gasteiger partial charge on any atom is 0.513 e. The molecule has 0 radical (unpaired) electrons. The van der Waals surface area contributed by atoms with Gasteiger partial charge < -0.3 is 23.7 Å². The Morgan fingerprint density at radius 2 is 1.67 bits per heavy atom. The van der Waals surface area contributed by atoms with Crippen molar-refractivity contribution >= 4 is 23.3 Å². The molecule has 2 aliphatic heterocycles. The lowest BCUT2D eigenvalue weighted by Gasteiger charge is -2.31. The van der Waals surface area contributed by atoms with Crippen molar-refractivity contribution in [2.75, 3.05) is 32.8 Å². The first-order chi connectivity index (χ1) is 20.3. The number of carbonyl (C=O) groups excluding carboxylic acids is 2. The van der Waals surface area contributed by atoms with Crippen molar-refractivity contribution in [3.8, 4) is 23.0 Å². The third-order valence-electron chi connectivity index (χ3n) is 7.53. The Hall–Kier alpha value is -4.30. The van der Waals surface area contributed by atoms with Crippen LogP contribution < -0.4 is 18.9 Å². The molecule has 8 nitrogen and oxygen atoms in total. The lowest BCUT2D eigenvalue weighted by Crippen LogP contribution is -2.25. The van der Waals surface area contributed by atoms with Gasteiger partial charge >= 0.3 is 12.1 Å². The second-order valence-electron chi connectivity index (χ2n) is 10.7. The van der Waals surface area contributed by atoms with Crippen LogP contribution in [-0.4, -0.2) is 49.9 Å². The number of esters is 1. The summed E-state index contributed by atoms with van der Waals surface area (Å²) in [6, 6.07) is 20.7. The Bertz CT molecular complexity index is 1450. The average Bonchev–Trinajstić information content (AvgIpc) is 3.38. The van der Waals surface area contributed by atoms with Gasteiger partial charge in [-0.25, -0.2) is 4.79 Å². The normalized spacial score (nSPS) is 18.2. The summed E-state index contributed by atoms with van der Waals surface area (Å²) < 4.78 is 28.2. The molecule has 0 amide bonds. The van der Waals surface area contributed by atoms with Gasteiger partial charge in [-0.05, 0) is 85.8 Å². The summed E-state index contributed by atoms with van der Waals surface area (Å²) in [6.45, 7) is 11.5. The highest BCUT2D eigenvalue weighted by molar-refractivity contribution is 5.95. The van der Waals surface area contributed by atoms with Crippen LogP contribution >= 0.6 is 0 Å². The van der Waals surface area contributed by atoms with E-state index < -0.39 is 12.3 Å². The molecule has 0 unspecified atom stereocenters. The van der Waals surface area contributed by atoms with Crippen molar-refractivity contribution in [1.29, 1.82) is 0 Å². The number of likely N-dealkylation sites (tertiary alicyclic amines) is 1. The highest BCUT2D eigenvalue weighted by Gasteiger charge is 2.30. The first kappa shape index (κ1) is 29.2. The first-order valence-electron chi connectivity index (χ1n) is 14.4. The summed E-state index contributed by atoms with van der Waals surface area (Å²) in [5.41, 5.74) is 4.76. The smallest absolute Gasteiger partial charge is 0.492 e. The molecule has 2 aliphatic rings. The van der Waals surface area contributed by atoms with Crippen molar-refractivity contribution in [3.05, 3.63) is 83.4 Å². The average molecular weight is 572 g/mol. The van der Waals surface area contributed by atoms with E-state index in [9.17, 15) is 9.59 Å². The summed E-state index contributed by atoms with van der Waals surface area (Å²) in [7, 11) is 0. The number of nitrogens with zero attached hydrogens (tertiary/aromatic N) is 1. The van der Waals surface area contributed by atoms with Gasteiger partial charge in [0.25, 0.3) is 0 Å². The minimum atomic E-state index is -0.763. The third kappa shape index (κ3) is 6.94. The van der Waals surface area contributed by atoms with E-state index in [-0.39, 0.29) is 12.6 Å². The summed E-state index contributed by atoms with van der Waals surface area (Å²) in [5, 5.41) is 0. The van der Waals surface area contributed by atoms with Crippen LogP contribution in [0.4, 0.5) is 4.79 Å². The molecule has 0 N–H and O–H groups in total. The zero-order valence-electron chi connectivity index (χ0n) is 24.6. The molecule has 3 aromatic carbocycles. The number of ether oxygens (including phenoxy) is 5. The van der Waals surface area contributed by atoms with Crippen molar-refractivity contribution in [2.45, 2.75) is 40.2 Å². The number of hydrogen-bond acceptors (Lipinski definition) is 8. The molecule has 2 heterocycles. The highest BCUT2D eigenvalue weighted by Crippen LogP contribution is 2.47. The summed E-state index contributed by atoms with van der Waals surface area (Å²) in [6.07, 6.45) is 0.0349. The third-order valence-corrected chi connectivity index (χ3v) is 7.53. The monoisotopic (exact) mass is 571 g/mol. The topological polar surface area (TPSA) is 83.5 Å². The van der Waals surface area contributed by atoms with Gasteiger partial charge in [-0.3, -0.25) is 9.69 Å². The van der Waals surface area contributed by atoms with Crippen molar-refractivity contribution < 1.29 is 33.3 Å². The Morgan fingerprint density at radius 3 is 2.33 bits per heavy atom. The van der Waals surface area contributed by atoms with Crippen LogP contribution in [0.1, 0.15) is 56.9 Å². The van der Waals surface area contributed by atoms with E-state index in [1.165, 1.54) is 13.3 Å². The quantitative estimate of drug-likeness (QED) is 0.155. The van der Waals surface area contributed by atoms with Gasteiger partial charge in [0, 0.05) is 37.2 Å². The molecule has 3 aromatic rings. The fourth-order valence-corrected chi connectivity index (χ4v) is 5.48. The minimum Gasteiger partial charge on any atom is -0.492 e. The standard InChI is InChI=1S/C34H37NO7/c1-5-38-34(37)41-29-14-15-30-23(3)32(25-6-12-28(13-7-25)40-24(4)36)33(42-31(30)20-29)26-8-10-27(11-9-26)39-19-18-35-17-16-22(2)21-35/h6-15,20,22,33H,5,16-19,21H2,1-4H3/t22-,33+/m1/s1. The Balaban J connectivity index is 1.42. The van der Waals surface area contributed by atoms with E-state index >= 15 is 0 Å². The number of hydrogen-bond donors (Lipinski definition) is 0. The van der Waals surface area contributed by atoms with Gasteiger partial charge in [-0.1, -0.05) is 31.2 Å². The largest absolute Gasteiger partial charge is 0.513 e. The van der Waals surface area contributed by atoms with Crippen molar-refractivity contribution in [3.63, 3.8) is 0 Å². The fraction of sp³-hybridized carbons (Fsp3) is 0.353. The molecule has 0 spiro atoms. The number of benzene rings is 3. The second-order valence-corrected chi connectivity index (χ2v) is 10.7. The molecule has 0 saturated carbocycles. The van der Waals surface area contributed by atoms with E-state index in [1.807, 2.05) is 49.4 Å². The van der Waals surface area contributed by atoms with Crippen LogP contribution in [0.15, 0.2) is 66.7 Å². The molecule has 1 fully saturated rings. The lowest BCUT2D eigenvalue weighted by molar-refractivity contribution is -0.131. The first-order valence-corrected chi connectivity index (χ1v) is 14.4. The van der Waals surface area contributed by atoms with Gasteiger partial charge in [0.1, 0.15) is 35.7 Å². The molecule has 0 aliphatic carbocycles. The molecule has 1 saturated heterocycles. The maximum absolute atomic E-state index is 11.9. The van der Waals surface area contributed by atoms with Crippen molar-refractivity contribution in [2.24, 2.45) is 5.92 Å². The zero-order valence-corrected chi connectivity index (χ0v) is 24.6. The van der Waals surface area contributed by atoms with Crippen LogP contribution in [0.3, 0.4) is 0 Å². The summed E-state index contributed by atoms with van der Waals surface area (Å²) in [4.78, 5) is 25.8. The molecular weight excluding hydrogens is 534 g/mol. The van der Waals surface area contributed by atoms with Crippen LogP contribution in [0.2, 0.25) is 0 Å². The van der Waals surface area contributed by atoms with Gasteiger partial charge in [0.05, 0.1) is 6.61 Å². The van der Waals surface area contributed by atoms with Crippen LogP contribution in [0.5, 0.6) is 23.0 Å². The molecule has 5 rings (SSSR count). The summed E-state index contributed by atoms with van der Waals surface area (Å²) >= 11 is 0. The molecule has 0 aromatic heterocycles. The molecule has 8 heteroatoms. The number of rotatable bonds is 9. The molecule has 220 valence electrons. The second kappa shape index (κ2) is 13.1. The number of fused-ring (bicyclic) bond motifs is 1. The van der Waals surface area contributed by atoms with Crippen LogP contribution in [0.25, 0.3) is 11.1 Å².